The monoisotopic (exact) mass is 305 g/mol. The number of aromatic nitrogens is 2. The molecule has 4 aliphatic carbocycles. The number of carbonyl (C=O) groups is 1. The van der Waals surface area contributed by atoms with E-state index >= 15 is 0 Å². The highest BCUT2D eigenvalue weighted by atomic mass is 32.1. The molecule has 1 N–H and O–H groups in total. The highest BCUT2D eigenvalue weighted by Gasteiger charge is 2.54. The van der Waals surface area contributed by atoms with Gasteiger partial charge >= 0.3 is 0 Å². The van der Waals surface area contributed by atoms with Gasteiger partial charge in [0.2, 0.25) is 5.91 Å². The predicted octanol–water partition coefficient (Wildman–Crippen LogP) is 2.72. The van der Waals surface area contributed by atoms with Crippen LogP contribution in [0.2, 0.25) is 0 Å². The molecule has 1 aromatic rings. The van der Waals surface area contributed by atoms with Crippen molar-refractivity contribution in [2.45, 2.75) is 51.9 Å². The van der Waals surface area contributed by atoms with Crippen LogP contribution >= 0.6 is 11.3 Å². The third kappa shape index (κ3) is 2.50. The molecular formula is C16H23N3OS. The maximum atomic E-state index is 12.7. The first-order chi connectivity index (χ1) is 10.1. The second-order valence-corrected chi connectivity index (χ2v) is 8.68. The molecule has 4 fully saturated rings. The van der Waals surface area contributed by atoms with Crippen molar-refractivity contribution in [3.63, 3.8) is 0 Å². The van der Waals surface area contributed by atoms with E-state index in [1.807, 2.05) is 6.92 Å². The lowest BCUT2D eigenvalue weighted by molar-refractivity contribution is -0.146. The molecule has 4 aliphatic rings. The summed E-state index contributed by atoms with van der Waals surface area (Å²) in [5.74, 6) is 2.80. The van der Waals surface area contributed by atoms with Crippen LogP contribution in [0.5, 0.6) is 0 Å². The Bertz CT molecular complexity index is 518. The van der Waals surface area contributed by atoms with E-state index in [0.29, 0.717) is 12.5 Å². The molecule has 0 saturated heterocycles. The van der Waals surface area contributed by atoms with E-state index in [1.54, 1.807) is 11.3 Å². The van der Waals surface area contributed by atoms with Gasteiger partial charge in [0.05, 0.1) is 0 Å². The third-order valence-corrected chi connectivity index (χ3v) is 6.61. The SMILES string of the molecule is Cc1nnc(CCNC(=O)C23CC4CC(CC(C4)C2)C3)s1. The zero-order valence-electron chi connectivity index (χ0n) is 12.6. The number of hydrogen-bond donors (Lipinski definition) is 1. The van der Waals surface area contributed by atoms with Gasteiger partial charge in [0.1, 0.15) is 10.0 Å². The molecule has 4 bridgehead atoms. The summed E-state index contributed by atoms with van der Waals surface area (Å²) in [6.07, 6.45) is 8.39. The van der Waals surface area contributed by atoms with Gasteiger partial charge in [-0.15, -0.1) is 21.5 Å². The Morgan fingerprint density at radius 3 is 2.33 bits per heavy atom. The van der Waals surface area contributed by atoms with Crippen LogP contribution in [0.25, 0.3) is 0 Å². The summed E-state index contributed by atoms with van der Waals surface area (Å²) in [4.78, 5) is 12.7. The Balaban J connectivity index is 1.36. The number of rotatable bonds is 4. The first kappa shape index (κ1) is 13.7. The van der Waals surface area contributed by atoms with Crippen molar-refractivity contribution in [3.05, 3.63) is 10.0 Å². The Morgan fingerprint density at radius 2 is 1.81 bits per heavy atom. The van der Waals surface area contributed by atoms with Crippen molar-refractivity contribution in [2.75, 3.05) is 6.54 Å². The normalized spacial score (nSPS) is 36.9. The lowest BCUT2D eigenvalue weighted by Crippen LogP contribution is -2.53. The van der Waals surface area contributed by atoms with Crippen LogP contribution < -0.4 is 5.32 Å². The second kappa shape index (κ2) is 5.04. The number of amides is 1. The Morgan fingerprint density at radius 1 is 1.19 bits per heavy atom. The number of hydrogen-bond acceptors (Lipinski definition) is 4. The Hall–Kier alpha value is -0.970. The van der Waals surface area contributed by atoms with Crippen molar-refractivity contribution < 1.29 is 4.79 Å². The molecule has 0 aliphatic heterocycles. The highest BCUT2D eigenvalue weighted by molar-refractivity contribution is 7.11. The summed E-state index contributed by atoms with van der Waals surface area (Å²) in [7, 11) is 0. The summed E-state index contributed by atoms with van der Waals surface area (Å²) in [5, 5.41) is 13.4. The van der Waals surface area contributed by atoms with E-state index in [4.69, 9.17) is 0 Å². The fourth-order valence-corrected chi connectivity index (χ4v) is 6.01. The van der Waals surface area contributed by atoms with Crippen LogP contribution in [0, 0.1) is 30.1 Å². The standard InChI is InChI=1S/C16H23N3OS/c1-10-18-19-14(21-10)2-3-17-15(20)16-7-11-4-12(8-16)6-13(5-11)9-16/h11-13H,2-9H2,1H3,(H,17,20). The van der Waals surface area contributed by atoms with Crippen molar-refractivity contribution >= 4 is 17.2 Å². The van der Waals surface area contributed by atoms with Gasteiger partial charge in [-0.25, -0.2) is 0 Å². The maximum Gasteiger partial charge on any atom is 0.226 e. The first-order valence-electron chi connectivity index (χ1n) is 8.20. The topological polar surface area (TPSA) is 54.9 Å². The van der Waals surface area contributed by atoms with Crippen molar-refractivity contribution in [3.8, 4) is 0 Å². The molecule has 0 radical (unpaired) electrons. The molecular weight excluding hydrogens is 282 g/mol. The zero-order valence-corrected chi connectivity index (χ0v) is 13.4. The van der Waals surface area contributed by atoms with Gasteiger partial charge < -0.3 is 5.32 Å². The molecule has 0 unspecified atom stereocenters. The zero-order chi connectivity index (χ0) is 14.4. The minimum atomic E-state index is -0.0220. The van der Waals surface area contributed by atoms with Gasteiger partial charge in [0.15, 0.2) is 0 Å². The van der Waals surface area contributed by atoms with Gasteiger partial charge in [-0.2, -0.15) is 0 Å². The smallest absolute Gasteiger partial charge is 0.226 e. The fourth-order valence-electron chi connectivity index (χ4n) is 5.30. The molecule has 1 heterocycles. The fraction of sp³-hybridized carbons (Fsp3) is 0.812. The van der Waals surface area contributed by atoms with E-state index in [0.717, 1.165) is 53.5 Å². The van der Waals surface area contributed by atoms with Crippen LogP contribution in [0.15, 0.2) is 0 Å². The minimum absolute atomic E-state index is 0.0220. The van der Waals surface area contributed by atoms with Crippen molar-refractivity contribution in [2.24, 2.45) is 23.2 Å². The van der Waals surface area contributed by atoms with Crippen LogP contribution in [0.1, 0.15) is 48.5 Å². The maximum absolute atomic E-state index is 12.7. The molecule has 4 saturated carbocycles. The first-order valence-corrected chi connectivity index (χ1v) is 9.02. The quantitative estimate of drug-likeness (QED) is 0.930. The van der Waals surface area contributed by atoms with Gasteiger partial charge in [0.25, 0.3) is 0 Å². The molecule has 21 heavy (non-hydrogen) atoms. The number of aryl methyl sites for hydroxylation is 1. The van der Waals surface area contributed by atoms with Crippen molar-refractivity contribution in [1.82, 2.24) is 15.5 Å². The van der Waals surface area contributed by atoms with Gasteiger partial charge in [0, 0.05) is 18.4 Å². The van der Waals surface area contributed by atoms with Crippen LogP contribution in [-0.2, 0) is 11.2 Å². The van der Waals surface area contributed by atoms with Crippen molar-refractivity contribution in [1.29, 1.82) is 0 Å². The summed E-state index contributed by atoms with van der Waals surface area (Å²) >= 11 is 1.63. The summed E-state index contributed by atoms with van der Waals surface area (Å²) in [5.41, 5.74) is -0.0220. The number of nitrogens with zero attached hydrogens (tertiary/aromatic N) is 2. The summed E-state index contributed by atoms with van der Waals surface area (Å²) < 4.78 is 0. The third-order valence-electron chi connectivity index (χ3n) is 5.71. The predicted molar refractivity (Wildman–Crippen MR) is 82.0 cm³/mol. The number of carbonyl (C=O) groups excluding carboxylic acids is 1. The molecule has 0 atom stereocenters. The van der Waals surface area contributed by atoms with E-state index in [9.17, 15) is 4.79 Å². The molecule has 5 heteroatoms. The largest absolute Gasteiger partial charge is 0.355 e. The molecule has 0 aromatic carbocycles. The average molecular weight is 305 g/mol. The Kier molecular flexibility index (Phi) is 3.28. The molecule has 1 aromatic heterocycles. The van der Waals surface area contributed by atoms with Crippen LogP contribution in [0.3, 0.4) is 0 Å². The van der Waals surface area contributed by atoms with Gasteiger partial charge in [-0.3, -0.25) is 4.79 Å². The van der Waals surface area contributed by atoms with Crippen LogP contribution in [-0.4, -0.2) is 22.6 Å². The second-order valence-electron chi connectivity index (χ2n) is 7.42. The van der Waals surface area contributed by atoms with Crippen LogP contribution in [0.4, 0.5) is 0 Å². The number of nitrogens with one attached hydrogen (secondary N) is 1. The highest BCUT2D eigenvalue weighted by Crippen LogP contribution is 2.60. The van der Waals surface area contributed by atoms with Gasteiger partial charge in [-0.05, 0) is 63.2 Å². The molecule has 1 amide bonds. The molecule has 4 nitrogen and oxygen atoms in total. The van der Waals surface area contributed by atoms with E-state index in [-0.39, 0.29) is 5.41 Å². The van der Waals surface area contributed by atoms with Gasteiger partial charge in [-0.1, -0.05) is 0 Å². The molecule has 114 valence electrons. The van der Waals surface area contributed by atoms with E-state index in [1.165, 1.54) is 19.3 Å². The van der Waals surface area contributed by atoms with E-state index < -0.39 is 0 Å². The summed E-state index contributed by atoms with van der Waals surface area (Å²) in [6.45, 7) is 2.67. The average Bonchev–Trinajstić information content (AvgIpc) is 2.83. The lowest BCUT2D eigenvalue weighted by atomic mass is 9.49. The van der Waals surface area contributed by atoms with E-state index in [2.05, 4.69) is 15.5 Å². The Labute approximate surface area is 129 Å². The lowest BCUT2D eigenvalue weighted by Gasteiger charge is -2.55. The molecule has 0 spiro atoms. The molecule has 5 rings (SSSR count). The summed E-state index contributed by atoms with van der Waals surface area (Å²) in [6, 6.07) is 0. The minimum Gasteiger partial charge on any atom is -0.355 e.